The second kappa shape index (κ2) is 9.59. The van der Waals surface area contributed by atoms with E-state index in [0.717, 1.165) is 19.5 Å². The van der Waals surface area contributed by atoms with Crippen LogP contribution >= 0.6 is 11.6 Å². The minimum absolute atomic E-state index is 0.152. The highest BCUT2D eigenvalue weighted by atomic mass is 35.5. The molecule has 2 aromatic carbocycles. The molecule has 0 saturated carbocycles. The summed E-state index contributed by atoms with van der Waals surface area (Å²) in [6.45, 7) is 3.49. The summed E-state index contributed by atoms with van der Waals surface area (Å²) >= 11 is 6.25. The maximum Gasteiger partial charge on any atom is 0.274 e. The number of anilines is 2. The van der Waals surface area contributed by atoms with Crippen LogP contribution < -0.4 is 10.2 Å². The van der Waals surface area contributed by atoms with E-state index < -0.39 is 0 Å². The monoisotopic (exact) mass is 421 g/mol. The van der Waals surface area contributed by atoms with Gasteiger partial charge >= 0.3 is 0 Å². The van der Waals surface area contributed by atoms with Gasteiger partial charge in [0, 0.05) is 38.4 Å². The number of hydrogen-bond acceptors (Lipinski definition) is 5. The lowest BCUT2D eigenvalue weighted by Crippen LogP contribution is -2.49. The zero-order chi connectivity index (χ0) is 20.8. The Morgan fingerprint density at radius 1 is 0.967 bits per heavy atom. The molecular weight excluding hydrogens is 398 g/mol. The number of halogens is 1. The molecule has 1 saturated heterocycles. The standard InChI is InChI=1S/C23H24ClN5O/c24-20-17-26-23(25-12-11-18-7-3-1-4-8-18)27-21(20)22(30)29-15-13-28(14-16-29)19-9-5-2-6-10-19/h1-10,17H,11-16H2,(H,25,26,27). The first kappa shape index (κ1) is 20.2. The summed E-state index contributed by atoms with van der Waals surface area (Å²) in [6, 6.07) is 20.4. The first-order chi connectivity index (χ1) is 14.7. The molecule has 1 aliphatic heterocycles. The van der Waals surface area contributed by atoms with E-state index in [1.165, 1.54) is 17.4 Å². The molecule has 0 unspecified atom stereocenters. The molecule has 154 valence electrons. The van der Waals surface area contributed by atoms with Gasteiger partial charge in [0.05, 0.1) is 11.2 Å². The molecule has 2 heterocycles. The van der Waals surface area contributed by atoms with Crippen molar-refractivity contribution in [3.05, 3.63) is 83.1 Å². The molecule has 1 aliphatic rings. The second-order valence-electron chi connectivity index (χ2n) is 7.17. The number of aromatic nitrogens is 2. The molecular formula is C23H24ClN5O. The molecule has 0 atom stereocenters. The van der Waals surface area contributed by atoms with Gasteiger partial charge in [-0.15, -0.1) is 0 Å². The van der Waals surface area contributed by atoms with E-state index in [1.807, 2.05) is 36.4 Å². The van der Waals surface area contributed by atoms with Gasteiger partial charge in [-0.3, -0.25) is 4.79 Å². The van der Waals surface area contributed by atoms with Crippen LogP contribution in [0, 0.1) is 0 Å². The van der Waals surface area contributed by atoms with Crippen LogP contribution in [-0.4, -0.2) is 53.5 Å². The van der Waals surface area contributed by atoms with E-state index in [2.05, 4.69) is 44.5 Å². The summed E-state index contributed by atoms with van der Waals surface area (Å²) in [7, 11) is 0. The van der Waals surface area contributed by atoms with Crippen molar-refractivity contribution in [2.75, 3.05) is 42.9 Å². The first-order valence-electron chi connectivity index (χ1n) is 10.1. The molecule has 1 aromatic heterocycles. The van der Waals surface area contributed by atoms with E-state index in [1.54, 1.807) is 4.90 Å². The Morgan fingerprint density at radius 3 is 2.33 bits per heavy atom. The van der Waals surface area contributed by atoms with Crippen molar-refractivity contribution in [3.63, 3.8) is 0 Å². The molecule has 0 radical (unpaired) electrons. The molecule has 0 aliphatic carbocycles. The Kier molecular flexibility index (Phi) is 6.44. The van der Waals surface area contributed by atoms with Crippen molar-refractivity contribution in [2.24, 2.45) is 0 Å². The lowest BCUT2D eigenvalue weighted by molar-refractivity contribution is 0.0741. The molecule has 7 heteroatoms. The fourth-order valence-corrected chi connectivity index (χ4v) is 3.69. The van der Waals surface area contributed by atoms with E-state index >= 15 is 0 Å². The minimum Gasteiger partial charge on any atom is -0.368 e. The molecule has 1 fully saturated rings. The number of piperazine rings is 1. The third-order valence-corrected chi connectivity index (χ3v) is 5.45. The fraction of sp³-hybridized carbons (Fsp3) is 0.261. The largest absolute Gasteiger partial charge is 0.368 e. The van der Waals surface area contributed by atoms with Crippen LogP contribution in [0.1, 0.15) is 16.1 Å². The smallest absolute Gasteiger partial charge is 0.274 e. The van der Waals surface area contributed by atoms with Gasteiger partial charge in [-0.1, -0.05) is 60.1 Å². The van der Waals surface area contributed by atoms with Crippen LogP contribution in [0.3, 0.4) is 0 Å². The van der Waals surface area contributed by atoms with Crippen LogP contribution in [0.25, 0.3) is 0 Å². The number of benzene rings is 2. The normalized spacial score (nSPS) is 13.9. The fourth-order valence-electron chi connectivity index (χ4n) is 3.52. The first-order valence-corrected chi connectivity index (χ1v) is 10.5. The van der Waals surface area contributed by atoms with Gasteiger partial charge in [0.2, 0.25) is 5.95 Å². The Bertz CT molecular complexity index is 975. The minimum atomic E-state index is -0.152. The maximum atomic E-state index is 13.0. The topological polar surface area (TPSA) is 61.4 Å². The van der Waals surface area contributed by atoms with Gasteiger partial charge in [0.25, 0.3) is 5.91 Å². The number of carbonyl (C=O) groups excluding carboxylic acids is 1. The predicted molar refractivity (Wildman–Crippen MR) is 120 cm³/mol. The third kappa shape index (κ3) is 4.89. The Balaban J connectivity index is 1.36. The van der Waals surface area contributed by atoms with Crippen molar-refractivity contribution in [3.8, 4) is 0 Å². The van der Waals surface area contributed by atoms with Crippen LogP contribution in [0.15, 0.2) is 66.9 Å². The number of amides is 1. The summed E-state index contributed by atoms with van der Waals surface area (Å²) in [4.78, 5) is 25.7. The van der Waals surface area contributed by atoms with Crippen LogP contribution in [0.2, 0.25) is 5.02 Å². The summed E-state index contributed by atoms with van der Waals surface area (Å²) in [5.41, 5.74) is 2.66. The molecule has 0 spiro atoms. The number of carbonyl (C=O) groups is 1. The summed E-state index contributed by atoms with van der Waals surface area (Å²) in [5.74, 6) is 0.267. The van der Waals surface area contributed by atoms with Crippen molar-refractivity contribution in [1.29, 1.82) is 0 Å². The van der Waals surface area contributed by atoms with Crippen molar-refractivity contribution in [1.82, 2.24) is 14.9 Å². The molecule has 3 aromatic rings. The van der Waals surface area contributed by atoms with E-state index in [9.17, 15) is 4.79 Å². The lowest BCUT2D eigenvalue weighted by atomic mass is 10.1. The summed E-state index contributed by atoms with van der Waals surface area (Å²) < 4.78 is 0. The quantitative estimate of drug-likeness (QED) is 0.656. The zero-order valence-corrected chi connectivity index (χ0v) is 17.4. The van der Waals surface area contributed by atoms with E-state index in [-0.39, 0.29) is 16.6 Å². The van der Waals surface area contributed by atoms with Gasteiger partial charge < -0.3 is 15.1 Å². The average Bonchev–Trinajstić information content (AvgIpc) is 2.81. The Morgan fingerprint density at radius 2 is 1.63 bits per heavy atom. The van der Waals surface area contributed by atoms with Gasteiger partial charge in [-0.2, -0.15) is 0 Å². The summed E-state index contributed by atoms with van der Waals surface area (Å²) in [5, 5.41) is 3.46. The van der Waals surface area contributed by atoms with Gasteiger partial charge in [0.1, 0.15) is 0 Å². The van der Waals surface area contributed by atoms with Crippen LogP contribution in [0.4, 0.5) is 11.6 Å². The number of para-hydroxylation sites is 1. The predicted octanol–water partition coefficient (Wildman–Crippen LogP) is 3.75. The van der Waals surface area contributed by atoms with Crippen LogP contribution in [0.5, 0.6) is 0 Å². The SMILES string of the molecule is O=C(c1nc(NCCc2ccccc2)ncc1Cl)N1CCN(c2ccccc2)CC1. The number of hydrogen-bond donors (Lipinski definition) is 1. The third-order valence-electron chi connectivity index (χ3n) is 5.17. The maximum absolute atomic E-state index is 13.0. The average molecular weight is 422 g/mol. The van der Waals surface area contributed by atoms with E-state index in [4.69, 9.17) is 11.6 Å². The molecule has 6 nitrogen and oxygen atoms in total. The Labute approximate surface area is 181 Å². The highest BCUT2D eigenvalue weighted by Crippen LogP contribution is 2.20. The summed E-state index contributed by atoms with van der Waals surface area (Å²) in [6.07, 6.45) is 2.34. The molecule has 1 amide bonds. The molecule has 30 heavy (non-hydrogen) atoms. The second-order valence-corrected chi connectivity index (χ2v) is 7.57. The van der Waals surface area contributed by atoms with Crippen molar-refractivity contribution >= 4 is 29.1 Å². The van der Waals surface area contributed by atoms with E-state index in [0.29, 0.717) is 25.6 Å². The molecule has 1 N–H and O–H groups in total. The van der Waals surface area contributed by atoms with Crippen molar-refractivity contribution < 1.29 is 4.79 Å². The highest BCUT2D eigenvalue weighted by Gasteiger charge is 2.25. The van der Waals surface area contributed by atoms with Gasteiger partial charge in [0.15, 0.2) is 5.69 Å². The lowest BCUT2D eigenvalue weighted by Gasteiger charge is -2.36. The number of rotatable bonds is 6. The molecule has 4 rings (SSSR count). The Hall–Kier alpha value is -3.12. The highest BCUT2D eigenvalue weighted by molar-refractivity contribution is 6.33. The van der Waals surface area contributed by atoms with Gasteiger partial charge in [-0.05, 0) is 24.1 Å². The van der Waals surface area contributed by atoms with Crippen molar-refractivity contribution in [2.45, 2.75) is 6.42 Å². The van der Waals surface area contributed by atoms with Crippen LogP contribution in [-0.2, 0) is 6.42 Å². The zero-order valence-electron chi connectivity index (χ0n) is 16.7. The number of nitrogens with zero attached hydrogens (tertiary/aromatic N) is 4. The number of nitrogens with one attached hydrogen (secondary N) is 1. The molecule has 0 bridgehead atoms. The van der Waals surface area contributed by atoms with Gasteiger partial charge in [-0.25, -0.2) is 9.97 Å².